The summed E-state index contributed by atoms with van der Waals surface area (Å²) in [5.74, 6) is 1.82. The third kappa shape index (κ3) is 18.3. The van der Waals surface area contributed by atoms with E-state index in [0.717, 1.165) is 13.2 Å². The van der Waals surface area contributed by atoms with Gasteiger partial charge in [-0.3, -0.25) is 4.52 Å². The van der Waals surface area contributed by atoms with E-state index in [1.54, 1.807) is 0 Å². The lowest BCUT2D eigenvalue weighted by atomic mass is 10.8. The molecule has 0 radical (unpaired) electrons. The minimum absolute atomic E-state index is 0.576. The molecule has 0 bridgehead atoms. The van der Waals surface area contributed by atoms with Crippen molar-refractivity contribution in [2.75, 3.05) is 19.8 Å². The molecule has 0 aliphatic rings. The van der Waals surface area contributed by atoms with E-state index in [2.05, 4.69) is 15.3 Å². The number of ether oxygens (including phenoxy) is 1. The topological polar surface area (TPSA) is 123 Å². The summed E-state index contributed by atoms with van der Waals surface area (Å²) in [6.45, 7) is 5.09. The van der Waals surface area contributed by atoms with E-state index >= 15 is 0 Å². The number of phosphoric ester groups is 1. The first-order chi connectivity index (χ1) is 7.68. The highest BCUT2D eigenvalue weighted by atomic mass is 31.3. The summed E-state index contributed by atoms with van der Waals surface area (Å²) in [4.78, 5) is 24.7. The van der Waals surface area contributed by atoms with Gasteiger partial charge in [0.25, 0.3) is 0 Å². The van der Waals surface area contributed by atoms with Crippen molar-refractivity contribution >= 4 is 15.6 Å². The largest absolute Gasteiger partial charge is 0.482 e. The van der Waals surface area contributed by atoms with Crippen LogP contribution in [0.3, 0.4) is 0 Å². The lowest BCUT2D eigenvalue weighted by Gasteiger charge is -2.09. The predicted molar refractivity (Wildman–Crippen MR) is 59.9 cm³/mol. The van der Waals surface area contributed by atoms with Gasteiger partial charge in [0.1, 0.15) is 6.61 Å². The summed E-state index contributed by atoms with van der Waals surface area (Å²) in [6, 6.07) is 0. The van der Waals surface area contributed by atoms with Crippen LogP contribution in [0.15, 0.2) is 0 Å². The summed E-state index contributed by atoms with van der Waals surface area (Å²) in [5, 5.41) is 0. The Morgan fingerprint density at radius 2 is 1.65 bits per heavy atom. The van der Waals surface area contributed by atoms with E-state index in [9.17, 15) is 9.13 Å². The van der Waals surface area contributed by atoms with Gasteiger partial charge in [-0.2, -0.15) is 4.31 Å². The van der Waals surface area contributed by atoms with E-state index in [-0.39, 0.29) is 0 Å². The average Bonchev–Trinajstić information content (AvgIpc) is 2.13. The Morgan fingerprint density at radius 1 is 1.18 bits per heavy atom. The van der Waals surface area contributed by atoms with Gasteiger partial charge < -0.3 is 19.4 Å². The van der Waals surface area contributed by atoms with Crippen LogP contribution in [0.25, 0.3) is 0 Å². The maximum atomic E-state index is 10.5. The number of rotatable bonds is 6. The van der Waals surface area contributed by atoms with Gasteiger partial charge in [0.2, 0.25) is 0 Å². The number of terminal acetylenes is 1. The van der Waals surface area contributed by atoms with Crippen LogP contribution in [0.5, 0.6) is 0 Å². The summed E-state index contributed by atoms with van der Waals surface area (Å²) < 4.78 is 32.7. The fourth-order valence-electron chi connectivity index (χ4n) is 0.481. The Hall–Kier alpha value is -0.220. The molecule has 0 spiro atoms. The van der Waals surface area contributed by atoms with Gasteiger partial charge in [0, 0.05) is 13.2 Å². The average molecular weight is 290 g/mol. The van der Waals surface area contributed by atoms with E-state index in [4.69, 9.17) is 19.4 Å². The van der Waals surface area contributed by atoms with Crippen molar-refractivity contribution in [2.24, 2.45) is 0 Å². The van der Waals surface area contributed by atoms with Crippen molar-refractivity contribution in [3.05, 3.63) is 0 Å². The molecule has 0 aromatic rings. The second-order valence-corrected chi connectivity index (χ2v) is 5.13. The van der Waals surface area contributed by atoms with Gasteiger partial charge in [0.15, 0.2) is 0 Å². The Kier molecular flexibility index (Phi) is 11.0. The zero-order chi connectivity index (χ0) is 13.9. The minimum Gasteiger partial charge on any atom is -0.382 e. The molecule has 0 saturated heterocycles. The van der Waals surface area contributed by atoms with Crippen molar-refractivity contribution in [2.45, 2.75) is 13.8 Å². The first-order valence-electron chi connectivity index (χ1n) is 4.44. The van der Waals surface area contributed by atoms with Crippen LogP contribution in [-0.2, 0) is 22.7 Å². The first kappa shape index (κ1) is 19.1. The third-order valence-electron chi connectivity index (χ3n) is 0.929. The molecule has 102 valence electrons. The second kappa shape index (κ2) is 9.77. The highest BCUT2D eigenvalue weighted by molar-refractivity contribution is 7.60. The molecule has 0 heterocycles. The van der Waals surface area contributed by atoms with E-state index in [1.165, 1.54) is 0 Å². The standard InChI is InChI=1S/C4H10O.C3H6O7P2/c1-3-5-4-2;1-2-3-9-12(7,8)10-11(4,5)6/h3-4H2,1-2H3;1H,3H2,(H,7,8)(H2,4,5,6). The van der Waals surface area contributed by atoms with Gasteiger partial charge in [-0.1, -0.05) is 5.92 Å². The molecule has 0 rings (SSSR count). The molecule has 0 aromatic carbocycles. The lowest BCUT2D eigenvalue weighted by Crippen LogP contribution is -1.93. The second-order valence-electron chi connectivity index (χ2n) is 2.30. The Morgan fingerprint density at radius 3 is 1.88 bits per heavy atom. The molecule has 0 aliphatic carbocycles. The lowest BCUT2D eigenvalue weighted by molar-refractivity contribution is 0.162. The van der Waals surface area contributed by atoms with Crippen LogP contribution in [0.1, 0.15) is 13.8 Å². The molecular weight excluding hydrogens is 274 g/mol. The first-order valence-corrected chi connectivity index (χ1v) is 7.46. The van der Waals surface area contributed by atoms with E-state index in [0.29, 0.717) is 0 Å². The number of hydrogen-bond acceptors (Lipinski definition) is 5. The zero-order valence-electron chi connectivity index (χ0n) is 9.48. The molecule has 10 heteroatoms. The minimum atomic E-state index is -5.03. The molecule has 3 N–H and O–H groups in total. The Labute approximate surface area is 99.8 Å². The molecule has 17 heavy (non-hydrogen) atoms. The van der Waals surface area contributed by atoms with Gasteiger partial charge in [0.05, 0.1) is 0 Å². The van der Waals surface area contributed by atoms with Crippen LogP contribution < -0.4 is 0 Å². The van der Waals surface area contributed by atoms with Crippen molar-refractivity contribution in [1.29, 1.82) is 0 Å². The molecule has 1 unspecified atom stereocenters. The van der Waals surface area contributed by atoms with Crippen LogP contribution in [-0.4, -0.2) is 34.5 Å². The normalized spacial score (nSPS) is 14.1. The predicted octanol–water partition coefficient (Wildman–Crippen LogP) is 0.889. The highest BCUT2D eigenvalue weighted by Gasteiger charge is 2.31. The van der Waals surface area contributed by atoms with Gasteiger partial charge in [-0.05, 0) is 13.8 Å². The quantitative estimate of drug-likeness (QED) is 0.487. The van der Waals surface area contributed by atoms with Crippen LogP contribution in [0.2, 0.25) is 0 Å². The fourth-order valence-corrected chi connectivity index (χ4v) is 1.98. The monoisotopic (exact) mass is 290 g/mol. The van der Waals surface area contributed by atoms with Crippen molar-refractivity contribution in [3.63, 3.8) is 0 Å². The van der Waals surface area contributed by atoms with E-state index < -0.39 is 22.3 Å². The molecule has 8 nitrogen and oxygen atoms in total. The third-order valence-corrected chi connectivity index (χ3v) is 3.06. The highest BCUT2D eigenvalue weighted by Crippen LogP contribution is 2.57. The van der Waals surface area contributed by atoms with Crippen LogP contribution in [0.4, 0.5) is 0 Å². The number of hydrogen-bond donors (Lipinski definition) is 3. The maximum Gasteiger partial charge on any atom is 0.482 e. The molecule has 0 aromatic heterocycles. The smallest absolute Gasteiger partial charge is 0.382 e. The molecule has 0 amide bonds. The summed E-state index contributed by atoms with van der Waals surface area (Å²) >= 11 is 0. The van der Waals surface area contributed by atoms with Crippen molar-refractivity contribution < 1.29 is 37.4 Å². The van der Waals surface area contributed by atoms with Crippen LogP contribution >= 0.6 is 15.6 Å². The molecule has 0 fully saturated rings. The van der Waals surface area contributed by atoms with Gasteiger partial charge in [-0.25, -0.2) is 9.13 Å². The Balaban J connectivity index is 0. The van der Waals surface area contributed by atoms with Crippen molar-refractivity contribution in [3.8, 4) is 12.3 Å². The molecule has 1 atom stereocenters. The molecular formula is C7H16O8P2. The Bertz CT molecular complexity index is 314. The summed E-state index contributed by atoms with van der Waals surface area (Å²) in [5.41, 5.74) is 0. The molecule has 0 aliphatic heterocycles. The molecule has 0 saturated carbocycles. The fraction of sp³-hybridized carbons (Fsp3) is 0.714. The summed E-state index contributed by atoms with van der Waals surface area (Å²) in [7, 11) is -9.77. The van der Waals surface area contributed by atoms with Gasteiger partial charge >= 0.3 is 15.6 Å². The van der Waals surface area contributed by atoms with Gasteiger partial charge in [-0.15, -0.1) is 6.42 Å². The van der Waals surface area contributed by atoms with Crippen LogP contribution in [0, 0.1) is 12.3 Å². The SMILES string of the molecule is C#CCOP(=O)(O)OP(=O)(O)O.CCOCC. The maximum absolute atomic E-state index is 10.5. The van der Waals surface area contributed by atoms with Crippen molar-refractivity contribution in [1.82, 2.24) is 0 Å². The van der Waals surface area contributed by atoms with E-state index in [1.807, 2.05) is 19.8 Å². The zero-order valence-corrected chi connectivity index (χ0v) is 11.3. The number of phosphoric acid groups is 2. The summed E-state index contributed by atoms with van der Waals surface area (Å²) in [6.07, 6.45) is 4.64.